The van der Waals surface area contributed by atoms with Crippen LogP contribution >= 0.6 is 0 Å². The van der Waals surface area contributed by atoms with E-state index >= 15 is 0 Å². The minimum Gasteiger partial charge on any atom is -0.497 e. The number of benzene rings is 2. The van der Waals surface area contributed by atoms with Gasteiger partial charge in [0.05, 0.1) is 19.4 Å². The third-order valence-electron chi connectivity index (χ3n) is 6.91. The second kappa shape index (κ2) is 10.1. The van der Waals surface area contributed by atoms with Gasteiger partial charge < -0.3 is 19.3 Å². The van der Waals surface area contributed by atoms with Gasteiger partial charge in [-0.25, -0.2) is 9.48 Å². The van der Waals surface area contributed by atoms with E-state index in [1.165, 1.54) is 4.68 Å². The van der Waals surface area contributed by atoms with Crippen LogP contribution in [-0.4, -0.2) is 54.4 Å². The molecule has 0 aliphatic carbocycles. The molecule has 0 spiro atoms. The Morgan fingerprint density at radius 2 is 1.73 bits per heavy atom. The maximum absolute atomic E-state index is 13.9. The molecule has 9 nitrogen and oxygen atoms in total. The van der Waals surface area contributed by atoms with Gasteiger partial charge in [0, 0.05) is 36.4 Å². The number of amides is 2. The number of hydrogen-bond donors (Lipinski definition) is 0. The maximum atomic E-state index is 13.9. The van der Waals surface area contributed by atoms with Gasteiger partial charge in [0.2, 0.25) is 5.91 Å². The van der Waals surface area contributed by atoms with Crippen molar-refractivity contribution in [3.05, 3.63) is 65.0 Å². The second-order valence-corrected chi connectivity index (χ2v) is 9.19. The van der Waals surface area contributed by atoms with Crippen LogP contribution in [0.5, 0.6) is 5.75 Å². The molecule has 3 heterocycles. The number of hydrogen-bond acceptors (Lipinski definition) is 6. The fourth-order valence-electron chi connectivity index (χ4n) is 5.05. The van der Waals surface area contributed by atoms with E-state index in [4.69, 9.17) is 9.47 Å². The molecule has 0 saturated carbocycles. The number of anilines is 2. The minimum absolute atomic E-state index is 0.131. The molecule has 2 aromatic carbocycles. The average molecular weight is 503 g/mol. The van der Waals surface area contributed by atoms with Crippen molar-refractivity contribution in [2.24, 2.45) is 0 Å². The third-order valence-corrected chi connectivity index (χ3v) is 6.91. The number of nitrogens with zero attached hydrogens (tertiary/aromatic N) is 4. The number of aromatic nitrogens is 2. The molecule has 0 bridgehead atoms. The minimum atomic E-state index is -0.543. The Hall–Kier alpha value is -4.14. The molecule has 0 radical (unpaired) electrons. The van der Waals surface area contributed by atoms with Crippen molar-refractivity contribution in [3.8, 4) is 11.4 Å². The fraction of sp³-hybridized carbons (Fsp3) is 0.357. The first kappa shape index (κ1) is 24.5. The summed E-state index contributed by atoms with van der Waals surface area (Å²) in [5.41, 5.74) is 4.24. The van der Waals surface area contributed by atoms with Gasteiger partial charge in [0.1, 0.15) is 11.4 Å². The first-order valence-corrected chi connectivity index (χ1v) is 12.6. The maximum Gasteiger partial charge on any atom is 0.359 e. The van der Waals surface area contributed by atoms with Crippen LogP contribution in [0.4, 0.5) is 11.4 Å². The van der Waals surface area contributed by atoms with Crippen LogP contribution in [0, 0.1) is 6.92 Å². The highest BCUT2D eigenvalue weighted by molar-refractivity contribution is 6.09. The molecule has 1 saturated heterocycles. The van der Waals surface area contributed by atoms with E-state index in [0.29, 0.717) is 48.6 Å². The summed E-state index contributed by atoms with van der Waals surface area (Å²) in [6.45, 7) is 5.01. The zero-order valence-corrected chi connectivity index (χ0v) is 21.3. The van der Waals surface area contributed by atoms with Crippen LogP contribution in [-0.2, 0) is 16.0 Å². The topological polar surface area (TPSA) is 94.0 Å². The molecule has 37 heavy (non-hydrogen) atoms. The lowest BCUT2D eigenvalue weighted by molar-refractivity contribution is -0.119. The molecule has 0 unspecified atom stereocenters. The predicted molar refractivity (Wildman–Crippen MR) is 139 cm³/mol. The summed E-state index contributed by atoms with van der Waals surface area (Å²) in [4.78, 5) is 42.6. The van der Waals surface area contributed by atoms with Crippen molar-refractivity contribution >= 4 is 29.2 Å². The molecule has 2 aliphatic heterocycles. The Morgan fingerprint density at radius 3 is 2.41 bits per heavy atom. The number of carbonyl (C=O) groups excluding carboxylic acids is 3. The summed E-state index contributed by atoms with van der Waals surface area (Å²) in [7, 11) is 1.58. The van der Waals surface area contributed by atoms with Crippen molar-refractivity contribution in [1.29, 1.82) is 0 Å². The van der Waals surface area contributed by atoms with Gasteiger partial charge in [-0.3, -0.25) is 9.59 Å². The van der Waals surface area contributed by atoms with Gasteiger partial charge in [-0.05, 0) is 81.1 Å². The van der Waals surface area contributed by atoms with Gasteiger partial charge in [0.15, 0.2) is 5.69 Å². The number of fused-ring (bicyclic) bond motifs is 1. The lowest BCUT2D eigenvalue weighted by Crippen LogP contribution is -2.39. The Morgan fingerprint density at radius 1 is 0.973 bits per heavy atom. The van der Waals surface area contributed by atoms with Crippen molar-refractivity contribution in [3.63, 3.8) is 0 Å². The number of esters is 1. The number of carbonyl (C=O) groups is 3. The normalized spacial score (nSPS) is 15.5. The highest BCUT2D eigenvalue weighted by Crippen LogP contribution is 2.33. The molecule has 1 aromatic heterocycles. The molecule has 9 heteroatoms. The van der Waals surface area contributed by atoms with E-state index in [1.807, 2.05) is 30.0 Å². The van der Waals surface area contributed by atoms with E-state index < -0.39 is 5.97 Å². The van der Waals surface area contributed by atoms with Gasteiger partial charge in [-0.1, -0.05) is 0 Å². The number of piperidine rings is 1. The van der Waals surface area contributed by atoms with E-state index in [1.54, 1.807) is 43.2 Å². The summed E-state index contributed by atoms with van der Waals surface area (Å²) in [5.74, 6) is 0.0160. The number of methoxy groups -OCH3 is 1. The second-order valence-electron chi connectivity index (χ2n) is 9.19. The third kappa shape index (κ3) is 4.45. The number of rotatable bonds is 6. The largest absolute Gasteiger partial charge is 0.497 e. The molecular formula is C28H30N4O5. The first-order valence-electron chi connectivity index (χ1n) is 12.6. The van der Waals surface area contributed by atoms with Crippen LogP contribution in [0.1, 0.15) is 58.3 Å². The summed E-state index contributed by atoms with van der Waals surface area (Å²) in [6.07, 6.45) is 2.92. The summed E-state index contributed by atoms with van der Waals surface area (Å²) >= 11 is 0. The van der Waals surface area contributed by atoms with Gasteiger partial charge >= 0.3 is 5.97 Å². The summed E-state index contributed by atoms with van der Waals surface area (Å²) in [5, 5.41) is 4.53. The molecule has 1 fully saturated rings. The van der Waals surface area contributed by atoms with E-state index in [0.717, 1.165) is 29.8 Å². The van der Waals surface area contributed by atoms with Crippen LogP contribution < -0.4 is 14.5 Å². The Labute approximate surface area is 215 Å². The molecule has 2 amide bonds. The zero-order chi connectivity index (χ0) is 26.1. The molecule has 2 aliphatic rings. The molecular weight excluding hydrogens is 472 g/mol. The van der Waals surface area contributed by atoms with Gasteiger partial charge in [-0.15, -0.1) is 0 Å². The smallest absolute Gasteiger partial charge is 0.359 e. The molecule has 192 valence electrons. The van der Waals surface area contributed by atoms with Crippen molar-refractivity contribution in [1.82, 2.24) is 9.78 Å². The first-order chi connectivity index (χ1) is 17.9. The lowest BCUT2D eigenvalue weighted by atomic mass is 10.0. The SMILES string of the molecule is CCOC(=O)c1nn(-c2ccc(OC)cc2)c2c1CCN(c1ccc(N3CCCCC3=O)cc1C)C2=O. The Balaban J connectivity index is 1.53. The Kier molecular flexibility index (Phi) is 6.69. The van der Waals surface area contributed by atoms with Crippen molar-refractivity contribution < 1.29 is 23.9 Å². The standard InChI is InChI=1S/C28H30N4O5/c1-4-37-28(35)25-22-14-16-31(23-13-10-20(17-18(23)2)30-15-6-5-7-24(30)33)27(34)26(22)32(29-25)19-8-11-21(36-3)12-9-19/h8-13,17H,4-7,14-16H2,1-3H3. The van der Waals surface area contributed by atoms with Crippen LogP contribution in [0.2, 0.25) is 0 Å². The summed E-state index contributed by atoms with van der Waals surface area (Å²) < 4.78 is 12.0. The van der Waals surface area contributed by atoms with Gasteiger partial charge in [-0.2, -0.15) is 5.10 Å². The van der Waals surface area contributed by atoms with Crippen LogP contribution in [0.25, 0.3) is 5.69 Å². The highest BCUT2D eigenvalue weighted by Gasteiger charge is 2.36. The fourth-order valence-corrected chi connectivity index (χ4v) is 5.05. The summed E-state index contributed by atoms with van der Waals surface area (Å²) in [6, 6.07) is 12.9. The number of aryl methyl sites for hydroxylation is 1. The Bertz CT molecular complexity index is 1360. The van der Waals surface area contributed by atoms with Crippen molar-refractivity contribution in [2.75, 3.05) is 36.6 Å². The molecule has 3 aromatic rings. The quantitative estimate of drug-likeness (QED) is 0.472. The molecule has 5 rings (SSSR count). The van der Waals surface area contributed by atoms with Crippen LogP contribution in [0.3, 0.4) is 0 Å². The highest BCUT2D eigenvalue weighted by atomic mass is 16.5. The zero-order valence-electron chi connectivity index (χ0n) is 21.3. The number of ether oxygens (including phenoxy) is 2. The van der Waals surface area contributed by atoms with Crippen LogP contribution in [0.15, 0.2) is 42.5 Å². The molecule has 0 atom stereocenters. The predicted octanol–water partition coefficient (Wildman–Crippen LogP) is 4.09. The lowest BCUT2D eigenvalue weighted by Gasteiger charge is -2.31. The molecule has 0 N–H and O–H groups in total. The van der Waals surface area contributed by atoms with Gasteiger partial charge in [0.25, 0.3) is 5.91 Å². The average Bonchev–Trinajstić information content (AvgIpc) is 3.30. The van der Waals surface area contributed by atoms with E-state index in [9.17, 15) is 14.4 Å². The monoisotopic (exact) mass is 502 g/mol. The van der Waals surface area contributed by atoms with E-state index in [-0.39, 0.29) is 24.1 Å². The van der Waals surface area contributed by atoms with Crippen molar-refractivity contribution in [2.45, 2.75) is 39.5 Å². The van der Waals surface area contributed by atoms with E-state index in [2.05, 4.69) is 5.10 Å².